The number of carbonyl (C=O) groups is 2. The number of urea groups is 1. The molecular formula is C18H16ClF3N4O3. The molecule has 29 heavy (non-hydrogen) atoms. The molecule has 2 amide bonds. The van der Waals surface area contributed by atoms with Crippen LogP contribution < -0.4 is 15.4 Å². The second-order valence-electron chi connectivity index (χ2n) is 6.40. The fraction of sp³-hybridized carbons (Fsp3) is 0.333. The zero-order valence-electron chi connectivity index (χ0n) is 15.1. The number of benzene rings is 1. The summed E-state index contributed by atoms with van der Waals surface area (Å²) in [5, 5.41) is 4.78. The minimum absolute atomic E-state index is 0.0428. The average molecular weight is 429 g/mol. The van der Waals surface area contributed by atoms with Crippen LogP contribution in [-0.2, 0) is 4.79 Å². The van der Waals surface area contributed by atoms with Crippen molar-refractivity contribution in [2.75, 3.05) is 6.54 Å². The first-order valence-corrected chi connectivity index (χ1v) is 8.92. The Labute approximate surface area is 168 Å². The van der Waals surface area contributed by atoms with Crippen LogP contribution >= 0.6 is 11.6 Å². The molecule has 0 radical (unpaired) electrons. The fourth-order valence-electron chi connectivity index (χ4n) is 3.00. The number of ketones is 1. The quantitative estimate of drug-likeness (QED) is 0.737. The van der Waals surface area contributed by atoms with Gasteiger partial charge in [0.15, 0.2) is 5.78 Å². The molecule has 1 aromatic heterocycles. The Morgan fingerprint density at radius 1 is 1.38 bits per heavy atom. The molecule has 7 nitrogen and oxygen atoms in total. The van der Waals surface area contributed by atoms with Crippen molar-refractivity contribution < 1.29 is 27.5 Å². The van der Waals surface area contributed by atoms with Crippen LogP contribution in [0.3, 0.4) is 0 Å². The summed E-state index contributed by atoms with van der Waals surface area (Å²) >= 11 is 5.97. The normalized spacial score (nSPS) is 17.4. The maximum Gasteiger partial charge on any atom is 0.573 e. The molecular weight excluding hydrogens is 413 g/mol. The van der Waals surface area contributed by atoms with Crippen LogP contribution in [0.5, 0.6) is 5.75 Å². The number of ether oxygens (including phenoxy) is 1. The molecule has 2 aromatic rings. The molecule has 1 aliphatic heterocycles. The summed E-state index contributed by atoms with van der Waals surface area (Å²) in [5.41, 5.74) is 0.983. The third kappa shape index (κ3) is 5.35. The molecule has 1 saturated heterocycles. The Kier molecular flexibility index (Phi) is 5.92. The average Bonchev–Trinajstić information content (AvgIpc) is 3.07. The molecule has 2 heterocycles. The van der Waals surface area contributed by atoms with Gasteiger partial charge in [0.2, 0.25) is 0 Å². The van der Waals surface area contributed by atoms with Gasteiger partial charge in [-0.05, 0) is 30.7 Å². The zero-order chi connectivity index (χ0) is 21.2. The standard InChI is InChI=1S/C18H16ClF3N4O3/c1-9-23-5-4-13(25-9)11(7-15(27)14-8-24-17(28)26-14)10-2-3-16(12(19)6-10)29-18(20,21)22/h2-6,11,14H,7-8H2,1H3,(H2,24,26,28)/t11?,14-/m0/s1. The highest BCUT2D eigenvalue weighted by atomic mass is 35.5. The molecule has 1 aromatic carbocycles. The Hall–Kier alpha value is -2.88. The number of hydrogen-bond donors (Lipinski definition) is 2. The maximum atomic E-state index is 12.7. The zero-order valence-corrected chi connectivity index (χ0v) is 15.8. The molecule has 0 saturated carbocycles. The van der Waals surface area contributed by atoms with E-state index in [2.05, 4.69) is 25.3 Å². The number of carbonyl (C=O) groups excluding carboxylic acids is 2. The van der Waals surface area contributed by atoms with E-state index in [9.17, 15) is 22.8 Å². The number of halogens is 4. The van der Waals surface area contributed by atoms with Gasteiger partial charge in [-0.15, -0.1) is 13.2 Å². The molecule has 1 aliphatic rings. The second-order valence-corrected chi connectivity index (χ2v) is 6.80. The second kappa shape index (κ2) is 8.24. The van der Waals surface area contributed by atoms with Crippen molar-refractivity contribution in [2.24, 2.45) is 0 Å². The highest BCUT2D eigenvalue weighted by molar-refractivity contribution is 6.32. The smallest absolute Gasteiger partial charge is 0.404 e. The van der Waals surface area contributed by atoms with Gasteiger partial charge in [0.05, 0.1) is 10.7 Å². The topological polar surface area (TPSA) is 93.2 Å². The summed E-state index contributed by atoms with van der Waals surface area (Å²) in [6.45, 7) is 1.84. The molecule has 0 bridgehead atoms. The number of rotatable bonds is 6. The number of amides is 2. The highest BCUT2D eigenvalue weighted by Crippen LogP contribution is 2.35. The van der Waals surface area contributed by atoms with E-state index in [1.54, 1.807) is 13.0 Å². The molecule has 11 heteroatoms. The van der Waals surface area contributed by atoms with Gasteiger partial charge < -0.3 is 15.4 Å². The van der Waals surface area contributed by atoms with Crippen molar-refractivity contribution in [3.63, 3.8) is 0 Å². The lowest BCUT2D eigenvalue weighted by Crippen LogP contribution is -2.35. The maximum absolute atomic E-state index is 12.7. The van der Waals surface area contributed by atoms with Crippen molar-refractivity contribution in [2.45, 2.75) is 31.7 Å². The van der Waals surface area contributed by atoms with Crippen LogP contribution in [0.15, 0.2) is 30.5 Å². The van der Waals surface area contributed by atoms with Gasteiger partial charge in [0.25, 0.3) is 0 Å². The Bertz CT molecular complexity index is 939. The van der Waals surface area contributed by atoms with E-state index >= 15 is 0 Å². The Morgan fingerprint density at radius 2 is 2.14 bits per heavy atom. The largest absolute Gasteiger partial charge is 0.573 e. The van der Waals surface area contributed by atoms with Crippen LogP contribution in [-0.4, -0.2) is 40.7 Å². The number of nitrogens with zero attached hydrogens (tertiary/aromatic N) is 2. The van der Waals surface area contributed by atoms with E-state index in [1.165, 1.54) is 18.3 Å². The third-order valence-corrected chi connectivity index (χ3v) is 4.60. The first-order chi connectivity index (χ1) is 13.6. The van der Waals surface area contributed by atoms with Crippen LogP contribution in [0.2, 0.25) is 5.02 Å². The lowest BCUT2D eigenvalue weighted by molar-refractivity contribution is -0.274. The lowest BCUT2D eigenvalue weighted by atomic mass is 9.88. The van der Waals surface area contributed by atoms with Gasteiger partial charge in [-0.3, -0.25) is 4.79 Å². The monoisotopic (exact) mass is 428 g/mol. The fourth-order valence-corrected chi connectivity index (χ4v) is 3.22. The van der Waals surface area contributed by atoms with E-state index < -0.39 is 30.1 Å². The van der Waals surface area contributed by atoms with Gasteiger partial charge in [-0.2, -0.15) is 0 Å². The molecule has 3 rings (SSSR count). The predicted molar refractivity (Wildman–Crippen MR) is 96.7 cm³/mol. The van der Waals surface area contributed by atoms with E-state index in [0.29, 0.717) is 17.1 Å². The summed E-state index contributed by atoms with van der Waals surface area (Å²) in [6.07, 6.45) is -3.40. The summed E-state index contributed by atoms with van der Waals surface area (Å²) in [4.78, 5) is 32.3. The lowest BCUT2D eigenvalue weighted by Gasteiger charge is -2.19. The highest BCUT2D eigenvalue weighted by Gasteiger charge is 2.33. The summed E-state index contributed by atoms with van der Waals surface area (Å²) in [5.74, 6) is -0.923. The van der Waals surface area contributed by atoms with Crippen LogP contribution in [0, 0.1) is 6.92 Å². The molecule has 0 aliphatic carbocycles. The third-order valence-electron chi connectivity index (χ3n) is 4.30. The van der Waals surface area contributed by atoms with Crippen molar-refractivity contribution in [3.05, 3.63) is 52.6 Å². The number of hydrogen-bond acceptors (Lipinski definition) is 5. The van der Waals surface area contributed by atoms with E-state index in [-0.39, 0.29) is 23.8 Å². The number of Topliss-reactive ketones (excluding diaryl/α,β-unsaturated/α-hetero) is 1. The number of aromatic nitrogens is 2. The van der Waals surface area contributed by atoms with Gasteiger partial charge in [-0.25, -0.2) is 14.8 Å². The van der Waals surface area contributed by atoms with Crippen molar-refractivity contribution in [1.82, 2.24) is 20.6 Å². The first-order valence-electron chi connectivity index (χ1n) is 8.54. The minimum Gasteiger partial charge on any atom is -0.404 e. The Morgan fingerprint density at radius 3 is 2.72 bits per heavy atom. The van der Waals surface area contributed by atoms with Gasteiger partial charge >= 0.3 is 12.4 Å². The molecule has 1 unspecified atom stereocenters. The molecule has 154 valence electrons. The van der Waals surface area contributed by atoms with E-state index in [1.807, 2.05) is 0 Å². The van der Waals surface area contributed by atoms with Crippen molar-refractivity contribution >= 4 is 23.4 Å². The molecule has 2 N–H and O–H groups in total. The van der Waals surface area contributed by atoms with Crippen LogP contribution in [0.4, 0.5) is 18.0 Å². The first kappa shape index (κ1) is 20.8. The molecule has 2 atom stereocenters. The number of nitrogens with one attached hydrogen (secondary N) is 2. The van der Waals surface area contributed by atoms with Gasteiger partial charge in [0, 0.05) is 25.1 Å². The van der Waals surface area contributed by atoms with Gasteiger partial charge in [-0.1, -0.05) is 17.7 Å². The predicted octanol–water partition coefficient (Wildman–Crippen LogP) is 3.11. The number of alkyl halides is 3. The van der Waals surface area contributed by atoms with Crippen LogP contribution in [0.1, 0.15) is 29.4 Å². The van der Waals surface area contributed by atoms with Crippen molar-refractivity contribution in [1.29, 1.82) is 0 Å². The Balaban J connectivity index is 1.91. The number of aryl methyl sites for hydroxylation is 1. The van der Waals surface area contributed by atoms with E-state index in [0.717, 1.165) is 6.07 Å². The van der Waals surface area contributed by atoms with Gasteiger partial charge in [0.1, 0.15) is 17.6 Å². The summed E-state index contributed by atoms with van der Waals surface area (Å²) in [6, 6.07) is 4.28. The van der Waals surface area contributed by atoms with Crippen LogP contribution in [0.25, 0.3) is 0 Å². The molecule has 0 spiro atoms. The molecule has 1 fully saturated rings. The minimum atomic E-state index is -4.88. The SMILES string of the molecule is Cc1nccc(C(CC(=O)[C@@H]2CNC(=O)N2)c2ccc(OC(F)(F)F)c(Cl)c2)n1. The summed E-state index contributed by atoms with van der Waals surface area (Å²) < 4.78 is 41.3. The van der Waals surface area contributed by atoms with Crippen molar-refractivity contribution in [3.8, 4) is 5.75 Å². The van der Waals surface area contributed by atoms with E-state index in [4.69, 9.17) is 11.6 Å². The summed E-state index contributed by atoms with van der Waals surface area (Å²) in [7, 11) is 0.